The number of amides is 1. The first-order chi connectivity index (χ1) is 10.1. The molecule has 0 saturated heterocycles. The first-order valence-electron chi connectivity index (χ1n) is 7.03. The highest BCUT2D eigenvalue weighted by Crippen LogP contribution is 2.28. The highest BCUT2D eigenvalue weighted by molar-refractivity contribution is 7.15. The monoisotopic (exact) mass is 305 g/mol. The molecule has 0 aliphatic carbocycles. The van der Waals surface area contributed by atoms with Crippen LogP contribution in [0.5, 0.6) is 5.75 Å². The van der Waals surface area contributed by atoms with Gasteiger partial charge < -0.3 is 10.4 Å². The fourth-order valence-electron chi connectivity index (χ4n) is 2.05. The molecule has 0 saturated carbocycles. The first-order valence-corrected chi connectivity index (χ1v) is 7.85. The fraction of sp³-hybridized carbons (Fsp3) is 0.400. The third-order valence-corrected chi connectivity index (χ3v) is 4.32. The van der Waals surface area contributed by atoms with Gasteiger partial charge in [-0.25, -0.2) is 0 Å². The molecule has 0 aliphatic rings. The van der Waals surface area contributed by atoms with Crippen LogP contribution in [0.4, 0.5) is 5.13 Å². The van der Waals surface area contributed by atoms with Crippen molar-refractivity contribution in [2.45, 2.75) is 39.0 Å². The van der Waals surface area contributed by atoms with E-state index in [2.05, 4.69) is 29.4 Å². The SMILES string of the molecule is CCC(CC)c1nnc(NC(=O)Cc2ccc(O)cc2)s1. The number of anilines is 1. The molecule has 21 heavy (non-hydrogen) atoms. The van der Waals surface area contributed by atoms with E-state index in [1.165, 1.54) is 11.3 Å². The van der Waals surface area contributed by atoms with Gasteiger partial charge >= 0.3 is 0 Å². The Morgan fingerprint density at radius 1 is 1.24 bits per heavy atom. The molecule has 0 spiro atoms. The Balaban J connectivity index is 1.95. The maximum Gasteiger partial charge on any atom is 0.230 e. The summed E-state index contributed by atoms with van der Waals surface area (Å²) in [5.74, 6) is 0.469. The Labute approximate surface area is 128 Å². The number of hydrogen-bond donors (Lipinski definition) is 2. The summed E-state index contributed by atoms with van der Waals surface area (Å²) < 4.78 is 0. The maximum absolute atomic E-state index is 12.0. The van der Waals surface area contributed by atoms with Crippen LogP contribution in [0.1, 0.15) is 43.2 Å². The number of phenolic OH excluding ortho intramolecular Hbond substituents is 1. The Bertz CT molecular complexity index is 591. The average Bonchev–Trinajstić information content (AvgIpc) is 2.91. The van der Waals surface area contributed by atoms with Crippen molar-refractivity contribution in [1.29, 1.82) is 0 Å². The van der Waals surface area contributed by atoms with Crippen LogP contribution < -0.4 is 5.32 Å². The van der Waals surface area contributed by atoms with Gasteiger partial charge in [0.15, 0.2) is 0 Å². The van der Waals surface area contributed by atoms with Crippen LogP contribution in [0.2, 0.25) is 0 Å². The van der Waals surface area contributed by atoms with Gasteiger partial charge in [0.05, 0.1) is 6.42 Å². The van der Waals surface area contributed by atoms with Crippen LogP contribution >= 0.6 is 11.3 Å². The molecule has 6 heteroatoms. The van der Waals surface area contributed by atoms with Crippen LogP contribution in [0.25, 0.3) is 0 Å². The largest absolute Gasteiger partial charge is 0.508 e. The molecule has 112 valence electrons. The van der Waals surface area contributed by atoms with Gasteiger partial charge in [-0.05, 0) is 30.5 Å². The number of benzene rings is 1. The number of carbonyl (C=O) groups is 1. The van der Waals surface area contributed by atoms with Gasteiger partial charge in [0.1, 0.15) is 10.8 Å². The molecular formula is C15H19N3O2S. The summed E-state index contributed by atoms with van der Waals surface area (Å²) in [6.45, 7) is 4.25. The van der Waals surface area contributed by atoms with Crippen molar-refractivity contribution in [3.05, 3.63) is 34.8 Å². The van der Waals surface area contributed by atoms with Crippen molar-refractivity contribution in [3.63, 3.8) is 0 Å². The summed E-state index contributed by atoms with van der Waals surface area (Å²) in [7, 11) is 0. The van der Waals surface area contributed by atoms with Gasteiger partial charge in [-0.15, -0.1) is 10.2 Å². The van der Waals surface area contributed by atoms with Gasteiger partial charge in [0.2, 0.25) is 11.0 Å². The van der Waals surface area contributed by atoms with Crippen molar-refractivity contribution >= 4 is 22.4 Å². The van der Waals surface area contributed by atoms with Gasteiger partial charge in [0, 0.05) is 5.92 Å². The molecule has 1 heterocycles. The third kappa shape index (κ3) is 4.26. The smallest absolute Gasteiger partial charge is 0.230 e. The number of aromatic nitrogens is 2. The Morgan fingerprint density at radius 2 is 1.90 bits per heavy atom. The van der Waals surface area contributed by atoms with Crippen molar-refractivity contribution in [1.82, 2.24) is 10.2 Å². The topological polar surface area (TPSA) is 75.1 Å². The minimum absolute atomic E-state index is 0.132. The van der Waals surface area contributed by atoms with Crippen molar-refractivity contribution < 1.29 is 9.90 Å². The van der Waals surface area contributed by atoms with E-state index in [0.717, 1.165) is 23.4 Å². The summed E-state index contributed by atoms with van der Waals surface area (Å²) in [4.78, 5) is 12.0. The van der Waals surface area contributed by atoms with Crippen molar-refractivity contribution in [2.24, 2.45) is 0 Å². The zero-order valence-electron chi connectivity index (χ0n) is 12.2. The lowest BCUT2D eigenvalue weighted by molar-refractivity contribution is -0.115. The number of phenols is 1. The molecule has 0 bridgehead atoms. The highest BCUT2D eigenvalue weighted by atomic mass is 32.1. The Morgan fingerprint density at radius 3 is 2.52 bits per heavy atom. The lowest BCUT2D eigenvalue weighted by Gasteiger charge is -2.05. The molecule has 1 aromatic carbocycles. The van der Waals surface area contributed by atoms with Gasteiger partial charge in [0.25, 0.3) is 0 Å². The third-order valence-electron chi connectivity index (χ3n) is 3.32. The summed E-state index contributed by atoms with van der Waals surface area (Å²) in [5.41, 5.74) is 0.843. The van der Waals surface area contributed by atoms with E-state index in [1.807, 2.05) is 0 Å². The molecule has 1 aromatic heterocycles. The number of hydrogen-bond acceptors (Lipinski definition) is 5. The molecule has 2 rings (SSSR count). The number of nitrogens with zero attached hydrogens (tertiary/aromatic N) is 2. The minimum Gasteiger partial charge on any atom is -0.508 e. The standard InChI is InChI=1S/C15H19N3O2S/c1-3-11(4-2)14-17-18-15(21-14)16-13(20)9-10-5-7-12(19)8-6-10/h5-8,11,19H,3-4,9H2,1-2H3,(H,16,18,20). The summed E-state index contributed by atoms with van der Waals surface area (Å²) in [5, 5.41) is 21.7. The Hall–Kier alpha value is -1.95. The van der Waals surface area contributed by atoms with E-state index in [4.69, 9.17) is 0 Å². The molecule has 0 aliphatic heterocycles. The zero-order valence-corrected chi connectivity index (χ0v) is 13.0. The van der Waals surface area contributed by atoms with Crippen LogP contribution in [0.15, 0.2) is 24.3 Å². The maximum atomic E-state index is 12.0. The molecular weight excluding hydrogens is 286 g/mol. The minimum atomic E-state index is -0.132. The molecule has 1 amide bonds. The molecule has 2 N–H and O–H groups in total. The highest BCUT2D eigenvalue weighted by Gasteiger charge is 2.14. The fourth-order valence-corrected chi connectivity index (χ4v) is 3.08. The van der Waals surface area contributed by atoms with Crippen LogP contribution in [-0.2, 0) is 11.2 Å². The summed E-state index contributed by atoms with van der Waals surface area (Å²) >= 11 is 1.44. The molecule has 0 atom stereocenters. The van der Waals surface area contributed by atoms with E-state index in [1.54, 1.807) is 24.3 Å². The quantitative estimate of drug-likeness (QED) is 0.858. The summed E-state index contributed by atoms with van der Waals surface area (Å²) in [6.07, 6.45) is 2.29. The lowest BCUT2D eigenvalue weighted by Crippen LogP contribution is -2.14. The molecule has 0 unspecified atom stereocenters. The number of carbonyl (C=O) groups excluding carboxylic acids is 1. The van der Waals surface area contributed by atoms with Gasteiger partial charge in [-0.1, -0.05) is 37.3 Å². The van der Waals surface area contributed by atoms with Crippen LogP contribution in [0.3, 0.4) is 0 Å². The predicted molar refractivity (Wildman–Crippen MR) is 83.7 cm³/mol. The molecule has 5 nitrogen and oxygen atoms in total. The Kier molecular flexibility index (Phi) is 5.27. The zero-order chi connectivity index (χ0) is 15.2. The second-order valence-electron chi connectivity index (χ2n) is 4.85. The number of rotatable bonds is 6. The van der Waals surface area contributed by atoms with E-state index >= 15 is 0 Å². The van der Waals surface area contributed by atoms with Crippen molar-refractivity contribution in [3.8, 4) is 5.75 Å². The van der Waals surface area contributed by atoms with Crippen molar-refractivity contribution in [2.75, 3.05) is 5.32 Å². The molecule has 0 radical (unpaired) electrons. The van der Waals surface area contributed by atoms with Crippen LogP contribution in [-0.4, -0.2) is 21.2 Å². The first kappa shape index (κ1) is 15.4. The number of nitrogens with one attached hydrogen (secondary N) is 1. The second-order valence-corrected chi connectivity index (χ2v) is 5.86. The van der Waals surface area contributed by atoms with Gasteiger partial charge in [-0.2, -0.15) is 0 Å². The van der Waals surface area contributed by atoms with Gasteiger partial charge in [-0.3, -0.25) is 4.79 Å². The molecule has 0 fully saturated rings. The van der Waals surface area contributed by atoms with E-state index in [0.29, 0.717) is 11.0 Å². The molecule has 2 aromatic rings. The normalized spacial score (nSPS) is 10.8. The lowest BCUT2D eigenvalue weighted by atomic mass is 10.1. The van der Waals surface area contributed by atoms with Crippen LogP contribution in [0, 0.1) is 0 Å². The predicted octanol–water partition coefficient (Wildman–Crippen LogP) is 3.33. The summed E-state index contributed by atoms with van der Waals surface area (Å²) in [6, 6.07) is 6.59. The second kappa shape index (κ2) is 7.17. The van der Waals surface area contributed by atoms with E-state index in [9.17, 15) is 9.90 Å². The van der Waals surface area contributed by atoms with E-state index in [-0.39, 0.29) is 18.1 Å². The number of aromatic hydroxyl groups is 1. The van der Waals surface area contributed by atoms with E-state index < -0.39 is 0 Å². The average molecular weight is 305 g/mol.